The third-order valence-corrected chi connectivity index (χ3v) is 6.15. The van der Waals surface area contributed by atoms with Crippen LogP contribution in [0.1, 0.15) is 27.7 Å². The van der Waals surface area contributed by atoms with Crippen molar-refractivity contribution in [3.63, 3.8) is 0 Å². The lowest BCUT2D eigenvalue weighted by Gasteiger charge is -2.09. The molecule has 1 aliphatic rings. The minimum Gasteiger partial charge on any atom is -0.381 e. The summed E-state index contributed by atoms with van der Waals surface area (Å²) in [4.78, 5) is -0.354. The van der Waals surface area contributed by atoms with Crippen molar-refractivity contribution in [1.82, 2.24) is 0 Å². The first-order chi connectivity index (χ1) is 9.01. The van der Waals surface area contributed by atoms with E-state index in [4.69, 9.17) is 0 Å². The van der Waals surface area contributed by atoms with E-state index in [1.165, 1.54) is 24.3 Å². The van der Waals surface area contributed by atoms with E-state index in [-0.39, 0.29) is 21.8 Å². The lowest BCUT2D eigenvalue weighted by Crippen LogP contribution is -2.12. The molecule has 112 valence electrons. The summed E-state index contributed by atoms with van der Waals surface area (Å²) >= 11 is 0. The zero-order valence-electron chi connectivity index (χ0n) is 11.9. The van der Waals surface area contributed by atoms with Gasteiger partial charge in [0.15, 0.2) is 0 Å². The number of hydrogen-bond donors (Lipinski definition) is 1. The van der Waals surface area contributed by atoms with Crippen LogP contribution < -0.4 is 5.32 Å². The number of sulfone groups is 1. The Kier molecular flexibility index (Phi) is 3.36. The molecule has 0 bridgehead atoms. The minimum atomic E-state index is -4.51. The van der Waals surface area contributed by atoms with Gasteiger partial charge in [-0.05, 0) is 35.1 Å². The summed E-state index contributed by atoms with van der Waals surface area (Å²) < 4.78 is 47.5. The Morgan fingerprint density at radius 3 is 1.85 bits per heavy atom. The maximum atomic E-state index is 12.4. The smallest absolute Gasteiger partial charge is 0.341 e. The van der Waals surface area contributed by atoms with E-state index in [1.807, 2.05) is 0 Å². The molecule has 0 saturated heterocycles. The van der Waals surface area contributed by atoms with Crippen molar-refractivity contribution in [1.29, 1.82) is 0 Å². The molecule has 2 rings (SSSR count). The summed E-state index contributed by atoms with van der Waals surface area (Å²) in [5.41, 5.74) is 1.02. The molecule has 0 unspecified atom stereocenters. The topological polar surface area (TPSA) is 46.2 Å². The second-order valence-electron chi connectivity index (χ2n) is 6.35. The van der Waals surface area contributed by atoms with E-state index in [9.17, 15) is 17.2 Å². The number of nitrogens with one attached hydrogen (secondary N) is 1. The van der Waals surface area contributed by atoms with Crippen LogP contribution in [-0.4, -0.2) is 20.2 Å². The zero-order valence-corrected chi connectivity index (χ0v) is 12.8. The maximum Gasteiger partial charge on any atom is 0.341 e. The number of rotatable bonds is 4. The molecule has 1 fully saturated rings. The highest BCUT2D eigenvalue weighted by Crippen LogP contribution is 2.63. The summed E-state index contributed by atoms with van der Waals surface area (Å²) in [5.74, 6) is -3.39. The van der Waals surface area contributed by atoms with Crippen molar-refractivity contribution in [2.75, 3.05) is 5.32 Å². The molecule has 1 aromatic rings. The molecule has 0 radical (unpaired) electrons. The van der Waals surface area contributed by atoms with Crippen molar-refractivity contribution >= 4 is 15.5 Å². The van der Waals surface area contributed by atoms with E-state index < -0.39 is 15.6 Å². The van der Waals surface area contributed by atoms with Crippen molar-refractivity contribution in [3.05, 3.63) is 24.3 Å². The number of alkyl halides is 2. The van der Waals surface area contributed by atoms with E-state index in [0.717, 1.165) is 5.69 Å². The average Bonchev–Trinajstić information content (AvgIpc) is 2.72. The molecule has 0 amide bonds. The van der Waals surface area contributed by atoms with Gasteiger partial charge in [-0.25, -0.2) is 8.42 Å². The molecule has 1 saturated carbocycles. The SMILES string of the molecule is CC1(C)C(Nc2ccc(S(=O)(=O)C(F)F)cc2)C1(C)C. The zero-order chi connectivity index (χ0) is 15.3. The van der Waals surface area contributed by atoms with E-state index >= 15 is 0 Å². The summed E-state index contributed by atoms with van der Waals surface area (Å²) in [5, 5.41) is 3.32. The Balaban J connectivity index is 2.15. The molecular weight excluding hydrogens is 284 g/mol. The minimum absolute atomic E-state index is 0.140. The summed E-state index contributed by atoms with van der Waals surface area (Å²) in [6.45, 7) is 8.61. The predicted octanol–water partition coefficient (Wildman–Crippen LogP) is 3.53. The normalized spacial score (nSPS) is 20.9. The quantitative estimate of drug-likeness (QED) is 0.925. The predicted molar refractivity (Wildman–Crippen MR) is 74.6 cm³/mol. The molecule has 1 aromatic carbocycles. The fraction of sp³-hybridized carbons (Fsp3) is 0.571. The highest BCUT2D eigenvalue weighted by atomic mass is 32.2. The Bertz CT molecular complexity index is 593. The van der Waals surface area contributed by atoms with Gasteiger partial charge in [-0.2, -0.15) is 8.78 Å². The van der Waals surface area contributed by atoms with Crippen LogP contribution in [0.15, 0.2) is 29.2 Å². The second-order valence-corrected chi connectivity index (χ2v) is 8.27. The van der Waals surface area contributed by atoms with Crippen LogP contribution in [0, 0.1) is 10.8 Å². The van der Waals surface area contributed by atoms with Gasteiger partial charge in [-0.1, -0.05) is 27.7 Å². The summed E-state index contributed by atoms with van der Waals surface area (Å²) in [6, 6.07) is 5.75. The van der Waals surface area contributed by atoms with Crippen LogP contribution in [0.4, 0.5) is 14.5 Å². The Labute approximate surface area is 118 Å². The van der Waals surface area contributed by atoms with Gasteiger partial charge in [-0.15, -0.1) is 0 Å². The molecule has 0 aliphatic heterocycles. The van der Waals surface area contributed by atoms with Gasteiger partial charge < -0.3 is 5.32 Å². The second kappa shape index (κ2) is 4.41. The van der Waals surface area contributed by atoms with E-state index in [0.29, 0.717) is 0 Å². The van der Waals surface area contributed by atoms with Crippen LogP contribution >= 0.6 is 0 Å². The molecule has 6 heteroatoms. The van der Waals surface area contributed by atoms with Gasteiger partial charge in [0.25, 0.3) is 0 Å². The van der Waals surface area contributed by atoms with Gasteiger partial charge in [0.1, 0.15) is 0 Å². The van der Waals surface area contributed by atoms with Gasteiger partial charge in [-0.3, -0.25) is 0 Å². The van der Waals surface area contributed by atoms with Crippen LogP contribution in [-0.2, 0) is 9.84 Å². The fourth-order valence-electron chi connectivity index (χ4n) is 2.57. The van der Waals surface area contributed by atoms with Crippen LogP contribution in [0.5, 0.6) is 0 Å². The van der Waals surface area contributed by atoms with Crippen LogP contribution in [0.25, 0.3) is 0 Å². The maximum absolute atomic E-state index is 12.4. The third-order valence-electron chi connectivity index (χ3n) is 4.75. The van der Waals surface area contributed by atoms with Gasteiger partial charge >= 0.3 is 5.76 Å². The van der Waals surface area contributed by atoms with Crippen LogP contribution in [0.2, 0.25) is 0 Å². The number of hydrogen-bond acceptors (Lipinski definition) is 3. The molecule has 20 heavy (non-hydrogen) atoms. The lowest BCUT2D eigenvalue weighted by atomic mass is 10.0. The first-order valence-electron chi connectivity index (χ1n) is 6.40. The first kappa shape index (κ1) is 15.2. The third kappa shape index (κ3) is 2.20. The molecule has 0 atom stereocenters. The number of anilines is 1. The highest BCUT2D eigenvalue weighted by molar-refractivity contribution is 7.91. The number of halogens is 2. The Morgan fingerprint density at radius 1 is 1.05 bits per heavy atom. The largest absolute Gasteiger partial charge is 0.381 e. The highest BCUT2D eigenvalue weighted by Gasteiger charge is 2.64. The molecule has 1 aliphatic carbocycles. The van der Waals surface area contributed by atoms with E-state index in [1.54, 1.807) is 0 Å². The van der Waals surface area contributed by atoms with Gasteiger partial charge in [0.05, 0.1) is 4.90 Å². The molecule has 0 aromatic heterocycles. The van der Waals surface area contributed by atoms with Crippen molar-refractivity contribution in [2.24, 2.45) is 10.8 Å². The molecular formula is C14H19F2NO2S. The molecule has 0 heterocycles. The first-order valence-corrected chi connectivity index (χ1v) is 7.94. The summed E-state index contributed by atoms with van der Waals surface area (Å²) in [6.07, 6.45) is 0. The van der Waals surface area contributed by atoms with Crippen molar-refractivity contribution in [3.8, 4) is 0 Å². The van der Waals surface area contributed by atoms with Crippen LogP contribution in [0.3, 0.4) is 0 Å². The number of benzene rings is 1. The van der Waals surface area contributed by atoms with E-state index in [2.05, 4.69) is 33.0 Å². The lowest BCUT2D eigenvalue weighted by molar-refractivity contribution is 0.234. The summed E-state index contributed by atoms with van der Waals surface area (Å²) in [7, 11) is -4.51. The Hall–Kier alpha value is -1.17. The van der Waals surface area contributed by atoms with Crippen molar-refractivity contribution < 1.29 is 17.2 Å². The molecule has 3 nitrogen and oxygen atoms in total. The molecule has 0 spiro atoms. The standard InChI is InChI=1S/C14H19F2NO2S/c1-13(2)11(14(13,3)4)17-9-5-7-10(8-6-9)20(18,19)12(15)16/h5-8,11-12,17H,1-4H3. The Morgan fingerprint density at radius 2 is 1.50 bits per heavy atom. The average molecular weight is 303 g/mol. The van der Waals surface area contributed by atoms with Crippen molar-refractivity contribution in [2.45, 2.75) is 44.4 Å². The van der Waals surface area contributed by atoms with Gasteiger partial charge in [0.2, 0.25) is 9.84 Å². The monoisotopic (exact) mass is 303 g/mol. The molecule has 1 N–H and O–H groups in total. The fourth-order valence-corrected chi connectivity index (χ4v) is 3.29. The van der Waals surface area contributed by atoms with Gasteiger partial charge in [0, 0.05) is 11.7 Å².